The Kier molecular flexibility index (Phi) is 12.0. The molecule has 11 N–H and O–H groups in total. The Hall–Kier alpha value is -3.62. The van der Waals surface area contributed by atoms with Crippen LogP contribution in [-0.2, 0) is 30.4 Å². The van der Waals surface area contributed by atoms with Crippen molar-refractivity contribution in [3.05, 3.63) is 36.0 Å². The minimum Gasteiger partial charge on any atom is -0.480 e. The number of carbonyl (C=O) groups is 5. The number of H-pyrrole nitrogens is 1. The summed E-state index contributed by atoms with van der Waals surface area (Å²) >= 11 is 3.94. The van der Waals surface area contributed by atoms with Crippen LogP contribution in [0.1, 0.15) is 31.2 Å². The zero-order valence-corrected chi connectivity index (χ0v) is 21.7. The van der Waals surface area contributed by atoms with Gasteiger partial charge in [0.05, 0.1) is 12.5 Å². The molecule has 13 nitrogen and oxygen atoms in total. The van der Waals surface area contributed by atoms with Gasteiger partial charge in [-0.2, -0.15) is 12.6 Å². The minimum atomic E-state index is -1.39. The molecule has 208 valence electrons. The Morgan fingerprint density at radius 2 is 1.58 bits per heavy atom. The van der Waals surface area contributed by atoms with Gasteiger partial charge < -0.3 is 43.2 Å². The van der Waals surface area contributed by atoms with E-state index < -0.39 is 60.2 Å². The summed E-state index contributed by atoms with van der Waals surface area (Å²) in [6, 6.07) is 2.47. The van der Waals surface area contributed by atoms with Gasteiger partial charge in [-0.15, -0.1) is 0 Å². The lowest BCUT2D eigenvalue weighted by molar-refractivity contribution is -0.142. The molecule has 0 fully saturated rings. The number of aromatic amines is 1. The van der Waals surface area contributed by atoms with Crippen molar-refractivity contribution in [2.24, 2.45) is 17.2 Å². The van der Waals surface area contributed by atoms with Gasteiger partial charge in [0, 0.05) is 29.3 Å². The molecule has 1 aromatic carbocycles. The van der Waals surface area contributed by atoms with E-state index in [1.54, 1.807) is 6.20 Å². The van der Waals surface area contributed by atoms with Gasteiger partial charge in [-0.1, -0.05) is 18.2 Å². The molecule has 0 saturated carbocycles. The van der Waals surface area contributed by atoms with Crippen molar-refractivity contribution in [3.63, 3.8) is 0 Å². The molecular formula is C24H35N7O6S. The van der Waals surface area contributed by atoms with Crippen molar-refractivity contribution in [2.75, 3.05) is 12.3 Å². The normalized spacial score (nSPS) is 14.2. The average molecular weight is 550 g/mol. The molecule has 0 aliphatic heterocycles. The molecule has 4 unspecified atom stereocenters. The molecule has 1 aromatic heterocycles. The van der Waals surface area contributed by atoms with Crippen LogP contribution >= 0.6 is 12.6 Å². The van der Waals surface area contributed by atoms with Gasteiger partial charge in [0.1, 0.15) is 18.1 Å². The van der Waals surface area contributed by atoms with Crippen LogP contribution in [0.5, 0.6) is 0 Å². The predicted molar refractivity (Wildman–Crippen MR) is 144 cm³/mol. The number of aliphatic carboxylic acids is 1. The van der Waals surface area contributed by atoms with Crippen molar-refractivity contribution in [1.82, 2.24) is 20.9 Å². The van der Waals surface area contributed by atoms with Crippen LogP contribution in [0.3, 0.4) is 0 Å². The fraction of sp³-hybridized carbons (Fsp3) is 0.458. The summed E-state index contributed by atoms with van der Waals surface area (Å²) in [6.45, 7) is 0.350. The van der Waals surface area contributed by atoms with Gasteiger partial charge in [-0.05, 0) is 37.4 Å². The van der Waals surface area contributed by atoms with Crippen LogP contribution in [0.25, 0.3) is 10.9 Å². The zero-order chi connectivity index (χ0) is 28.2. The number of carbonyl (C=O) groups excluding carboxylic acids is 4. The van der Waals surface area contributed by atoms with Crippen molar-refractivity contribution in [2.45, 2.75) is 56.3 Å². The maximum absolute atomic E-state index is 13.2. The average Bonchev–Trinajstić information content (AvgIpc) is 3.29. The van der Waals surface area contributed by atoms with Crippen LogP contribution < -0.4 is 33.2 Å². The first kappa shape index (κ1) is 30.6. The number of para-hydroxylation sites is 1. The summed E-state index contributed by atoms with van der Waals surface area (Å²) in [5.41, 5.74) is 17.9. The second kappa shape index (κ2) is 15.0. The molecular weight excluding hydrogens is 514 g/mol. The van der Waals surface area contributed by atoms with Gasteiger partial charge in [-0.3, -0.25) is 19.2 Å². The number of unbranched alkanes of at least 4 members (excludes halogenated alkanes) is 1. The first-order chi connectivity index (χ1) is 18.1. The standard InChI is InChI=1S/C24H35N7O6S/c25-8-4-3-7-17(29-23(35)18(10-20(27)32)30-21(33)15(26)12-38)22(34)31-19(24(36)37)9-13-11-28-16-6-2-1-5-14(13)16/h1-2,5-6,11,15,17-19,28,38H,3-4,7-10,12,25-26H2,(H2,27,32)(H,29,35)(H,30,33)(H,31,34)(H,36,37). The quantitative estimate of drug-likeness (QED) is 0.0881. The first-order valence-corrected chi connectivity index (χ1v) is 12.7. The Morgan fingerprint density at radius 3 is 2.21 bits per heavy atom. The van der Waals surface area contributed by atoms with Crippen LogP contribution in [-0.4, -0.2) is 76.2 Å². The third-order valence-corrected chi connectivity index (χ3v) is 6.26. The van der Waals surface area contributed by atoms with Crippen molar-refractivity contribution in [1.29, 1.82) is 0 Å². The SMILES string of the molecule is NCCCCC(NC(=O)C(CC(N)=O)NC(=O)C(N)CS)C(=O)NC(Cc1c[nH]c2ccccc12)C(=O)O. The molecule has 0 aliphatic rings. The lowest BCUT2D eigenvalue weighted by atomic mass is 10.0. The zero-order valence-electron chi connectivity index (χ0n) is 20.8. The number of carboxylic acids is 1. The number of rotatable bonds is 16. The summed E-state index contributed by atoms with van der Waals surface area (Å²) in [6.07, 6.45) is 2.28. The van der Waals surface area contributed by atoms with Crippen LogP contribution in [0.2, 0.25) is 0 Å². The molecule has 2 rings (SSSR count). The molecule has 14 heteroatoms. The molecule has 2 aromatic rings. The van der Waals surface area contributed by atoms with E-state index in [-0.39, 0.29) is 18.6 Å². The van der Waals surface area contributed by atoms with Crippen molar-refractivity contribution >= 4 is 53.1 Å². The maximum Gasteiger partial charge on any atom is 0.326 e. The lowest BCUT2D eigenvalue weighted by Gasteiger charge is -2.24. The Morgan fingerprint density at radius 1 is 0.947 bits per heavy atom. The van der Waals surface area contributed by atoms with E-state index in [0.717, 1.165) is 10.9 Å². The van der Waals surface area contributed by atoms with E-state index in [4.69, 9.17) is 17.2 Å². The third-order valence-electron chi connectivity index (χ3n) is 5.87. The fourth-order valence-electron chi connectivity index (χ4n) is 3.80. The molecule has 0 radical (unpaired) electrons. The molecule has 0 aliphatic carbocycles. The summed E-state index contributed by atoms with van der Waals surface area (Å²) in [5.74, 6) is -4.43. The fourth-order valence-corrected chi connectivity index (χ4v) is 3.96. The molecule has 0 saturated heterocycles. The number of carboxylic acid groups (broad SMARTS) is 1. The van der Waals surface area contributed by atoms with E-state index in [1.165, 1.54) is 0 Å². The number of primary amides is 1. The van der Waals surface area contributed by atoms with Crippen molar-refractivity contribution < 1.29 is 29.1 Å². The van der Waals surface area contributed by atoms with Gasteiger partial charge in [0.25, 0.3) is 0 Å². The van der Waals surface area contributed by atoms with E-state index in [9.17, 15) is 29.1 Å². The highest BCUT2D eigenvalue weighted by Crippen LogP contribution is 2.19. The summed E-state index contributed by atoms with van der Waals surface area (Å²) < 4.78 is 0. The van der Waals surface area contributed by atoms with Crippen LogP contribution in [0.15, 0.2) is 30.5 Å². The number of amides is 4. The largest absolute Gasteiger partial charge is 0.480 e. The highest BCUT2D eigenvalue weighted by atomic mass is 32.1. The number of aromatic nitrogens is 1. The van der Waals surface area contributed by atoms with Crippen molar-refractivity contribution in [3.8, 4) is 0 Å². The number of nitrogens with two attached hydrogens (primary N) is 3. The Labute approximate surface area is 225 Å². The topological polar surface area (TPSA) is 236 Å². The third kappa shape index (κ3) is 9.04. The highest BCUT2D eigenvalue weighted by molar-refractivity contribution is 7.80. The van der Waals surface area contributed by atoms with Crippen LogP contribution in [0.4, 0.5) is 0 Å². The summed E-state index contributed by atoms with van der Waals surface area (Å²) in [7, 11) is 0. The molecule has 0 spiro atoms. The van der Waals surface area contributed by atoms with E-state index in [1.807, 2.05) is 24.3 Å². The number of hydrogen-bond donors (Lipinski definition) is 9. The molecule has 4 amide bonds. The van der Waals surface area contributed by atoms with Crippen LogP contribution in [0, 0.1) is 0 Å². The maximum atomic E-state index is 13.2. The van der Waals surface area contributed by atoms with Gasteiger partial charge in [0.15, 0.2) is 0 Å². The van der Waals surface area contributed by atoms with Gasteiger partial charge >= 0.3 is 5.97 Å². The van der Waals surface area contributed by atoms with Gasteiger partial charge in [0.2, 0.25) is 23.6 Å². The number of hydrogen-bond acceptors (Lipinski definition) is 8. The minimum absolute atomic E-state index is 0.00345. The summed E-state index contributed by atoms with van der Waals surface area (Å²) in [4.78, 5) is 64.9. The van der Waals surface area contributed by atoms with E-state index in [0.29, 0.717) is 24.9 Å². The molecule has 0 bridgehead atoms. The molecule has 38 heavy (non-hydrogen) atoms. The summed E-state index contributed by atoms with van der Waals surface area (Å²) in [5, 5.41) is 17.9. The Bertz CT molecular complexity index is 1140. The Balaban J connectivity index is 2.19. The van der Waals surface area contributed by atoms with E-state index in [2.05, 4.69) is 33.6 Å². The number of benzene rings is 1. The highest BCUT2D eigenvalue weighted by Gasteiger charge is 2.31. The number of thiol groups is 1. The first-order valence-electron chi connectivity index (χ1n) is 12.1. The molecule has 4 atom stereocenters. The van der Waals surface area contributed by atoms with Gasteiger partial charge in [-0.25, -0.2) is 4.79 Å². The predicted octanol–water partition coefficient (Wildman–Crippen LogP) is -1.49. The molecule has 1 heterocycles. The smallest absolute Gasteiger partial charge is 0.326 e. The second-order valence-corrected chi connectivity index (χ2v) is 9.19. The van der Waals surface area contributed by atoms with E-state index >= 15 is 0 Å². The lowest BCUT2D eigenvalue weighted by Crippen LogP contribution is -2.58. The monoisotopic (exact) mass is 549 g/mol. The second-order valence-electron chi connectivity index (χ2n) is 8.83. The number of nitrogens with one attached hydrogen (secondary N) is 4. The number of fused-ring (bicyclic) bond motifs is 1.